The molecule has 16 heavy (non-hydrogen) atoms. The minimum Gasteiger partial charge on any atom is -0.353 e. The van der Waals surface area contributed by atoms with E-state index in [1.165, 1.54) is 25.7 Å². The van der Waals surface area contributed by atoms with E-state index in [-0.39, 0.29) is 11.3 Å². The van der Waals surface area contributed by atoms with Crippen LogP contribution in [0.25, 0.3) is 0 Å². The molecule has 0 radical (unpaired) electrons. The van der Waals surface area contributed by atoms with Crippen LogP contribution in [-0.4, -0.2) is 18.5 Å². The number of nitrogens with one attached hydrogen (secondary N) is 1. The molecule has 0 spiro atoms. The predicted molar refractivity (Wildman–Crippen MR) is 67.1 cm³/mol. The van der Waals surface area contributed by atoms with Crippen LogP contribution >= 0.6 is 0 Å². The van der Waals surface area contributed by atoms with Gasteiger partial charge in [0.1, 0.15) is 0 Å². The quantitative estimate of drug-likeness (QED) is 0.722. The van der Waals surface area contributed by atoms with Crippen molar-refractivity contribution in [3.8, 4) is 0 Å². The van der Waals surface area contributed by atoms with E-state index in [0.29, 0.717) is 19.0 Å². The number of amides is 1. The number of carbonyl (C=O) groups excluding carboxylic acids is 1. The van der Waals surface area contributed by atoms with Crippen molar-refractivity contribution in [2.45, 2.75) is 64.8 Å². The molecule has 1 aliphatic rings. The molecule has 0 aromatic carbocycles. The number of nitrogens with two attached hydrogens (primary N) is 1. The van der Waals surface area contributed by atoms with E-state index >= 15 is 0 Å². The number of rotatable bonds is 4. The summed E-state index contributed by atoms with van der Waals surface area (Å²) in [4.78, 5) is 11.8. The highest BCUT2D eigenvalue weighted by Gasteiger charge is 2.22. The molecule has 0 heterocycles. The third kappa shape index (κ3) is 4.97. The lowest BCUT2D eigenvalue weighted by Gasteiger charge is -2.23. The fourth-order valence-corrected chi connectivity index (χ4v) is 2.21. The Labute approximate surface area is 99.2 Å². The van der Waals surface area contributed by atoms with Gasteiger partial charge in [-0.15, -0.1) is 0 Å². The summed E-state index contributed by atoms with van der Waals surface area (Å²) >= 11 is 0. The second-order valence-electron chi connectivity index (χ2n) is 5.80. The molecule has 0 aromatic rings. The summed E-state index contributed by atoms with van der Waals surface area (Å²) in [5, 5.41) is 3.15. The van der Waals surface area contributed by atoms with Crippen molar-refractivity contribution in [2.75, 3.05) is 6.54 Å². The average Bonchev–Trinajstić information content (AvgIpc) is 2.45. The molecule has 1 aliphatic carbocycles. The summed E-state index contributed by atoms with van der Waals surface area (Å²) in [6.45, 7) is 4.64. The summed E-state index contributed by atoms with van der Waals surface area (Å²) < 4.78 is 0. The molecule has 1 saturated carbocycles. The average molecular weight is 226 g/mol. The minimum atomic E-state index is -0.0746. The third-order valence-electron chi connectivity index (χ3n) is 3.41. The number of hydrogen-bond donors (Lipinski definition) is 2. The Bertz CT molecular complexity index is 218. The first-order chi connectivity index (χ1) is 7.53. The lowest BCUT2D eigenvalue weighted by atomic mass is 9.89. The summed E-state index contributed by atoms with van der Waals surface area (Å²) in [6.07, 6.45) is 7.99. The third-order valence-corrected chi connectivity index (χ3v) is 3.41. The van der Waals surface area contributed by atoms with Gasteiger partial charge in [-0.2, -0.15) is 0 Å². The number of carbonyl (C=O) groups is 1. The Balaban J connectivity index is 2.32. The van der Waals surface area contributed by atoms with Crippen molar-refractivity contribution in [1.29, 1.82) is 0 Å². The largest absolute Gasteiger partial charge is 0.353 e. The molecular weight excluding hydrogens is 200 g/mol. The monoisotopic (exact) mass is 226 g/mol. The summed E-state index contributed by atoms with van der Waals surface area (Å²) in [5.41, 5.74) is 5.56. The van der Waals surface area contributed by atoms with E-state index in [0.717, 1.165) is 12.8 Å². The minimum absolute atomic E-state index is 0.0746. The predicted octanol–water partition coefficient (Wildman–Crippen LogP) is 2.20. The standard InChI is InChI=1S/C13H26N2O/c1-13(2,10-14)9-12(16)15-11-7-5-3-4-6-8-11/h11H,3-10,14H2,1-2H3,(H,15,16). The molecule has 0 atom stereocenters. The highest BCUT2D eigenvalue weighted by molar-refractivity contribution is 5.76. The van der Waals surface area contributed by atoms with Gasteiger partial charge in [0.2, 0.25) is 5.91 Å². The van der Waals surface area contributed by atoms with Crippen LogP contribution in [0.3, 0.4) is 0 Å². The van der Waals surface area contributed by atoms with Crippen LogP contribution in [0.15, 0.2) is 0 Å². The van der Waals surface area contributed by atoms with Gasteiger partial charge >= 0.3 is 0 Å². The van der Waals surface area contributed by atoms with Crippen LogP contribution in [0.4, 0.5) is 0 Å². The summed E-state index contributed by atoms with van der Waals surface area (Å²) in [5.74, 6) is 0.169. The van der Waals surface area contributed by atoms with Crippen molar-refractivity contribution >= 4 is 5.91 Å². The Kier molecular flexibility index (Phi) is 5.26. The molecule has 3 N–H and O–H groups in total. The first kappa shape index (κ1) is 13.5. The zero-order chi connectivity index (χ0) is 12.0. The van der Waals surface area contributed by atoms with Crippen molar-refractivity contribution < 1.29 is 4.79 Å². The Morgan fingerprint density at radius 2 is 1.81 bits per heavy atom. The highest BCUT2D eigenvalue weighted by Crippen LogP contribution is 2.20. The Morgan fingerprint density at radius 1 is 1.25 bits per heavy atom. The zero-order valence-electron chi connectivity index (χ0n) is 10.7. The maximum atomic E-state index is 11.8. The zero-order valence-corrected chi connectivity index (χ0v) is 10.7. The van der Waals surface area contributed by atoms with Gasteiger partial charge < -0.3 is 11.1 Å². The summed E-state index contributed by atoms with van der Waals surface area (Å²) in [7, 11) is 0. The van der Waals surface area contributed by atoms with Gasteiger partial charge in [-0.3, -0.25) is 4.79 Å². The molecule has 1 rings (SSSR count). The fraction of sp³-hybridized carbons (Fsp3) is 0.923. The molecule has 3 nitrogen and oxygen atoms in total. The first-order valence-corrected chi connectivity index (χ1v) is 6.53. The van der Waals surface area contributed by atoms with E-state index in [2.05, 4.69) is 5.32 Å². The van der Waals surface area contributed by atoms with Gasteiger partial charge in [-0.05, 0) is 24.8 Å². The van der Waals surface area contributed by atoms with Crippen molar-refractivity contribution in [3.63, 3.8) is 0 Å². The Hall–Kier alpha value is -0.570. The molecule has 1 fully saturated rings. The first-order valence-electron chi connectivity index (χ1n) is 6.53. The van der Waals surface area contributed by atoms with Crippen LogP contribution < -0.4 is 11.1 Å². The lowest BCUT2D eigenvalue weighted by molar-refractivity contribution is -0.123. The molecule has 0 unspecified atom stereocenters. The van der Waals surface area contributed by atoms with Crippen molar-refractivity contribution in [2.24, 2.45) is 11.1 Å². The van der Waals surface area contributed by atoms with Crippen LogP contribution in [-0.2, 0) is 4.79 Å². The van der Waals surface area contributed by atoms with Crippen LogP contribution in [0, 0.1) is 5.41 Å². The molecule has 0 aromatic heterocycles. The van der Waals surface area contributed by atoms with Gasteiger partial charge in [0, 0.05) is 12.5 Å². The van der Waals surface area contributed by atoms with E-state index < -0.39 is 0 Å². The van der Waals surface area contributed by atoms with Crippen LogP contribution in [0.2, 0.25) is 0 Å². The van der Waals surface area contributed by atoms with E-state index in [4.69, 9.17) is 5.73 Å². The number of hydrogen-bond acceptors (Lipinski definition) is 2. The van der Waals surface area contributed by atoms with E-state index in [9.17, 15) is 4.79 Å². The van der Waals surface area contributed by atoms with Gasteiger partial charge in [0.25, 0.3) is 0 Å². The SMILES string of the molecule is CC(C)(CN)CC(=O)NC1CCCCCC1. The van der Waals surface area contributed by atoms with Gasteiger partial charge in [0.15, 0.2) is 0 Å². The van der Waals surface area contributed by atoms with Gasteiger partial charge in [0.05, 0.1) is 0 Å². The van der Waals surface area contributed by atoms with Crippen molar-refractivity contribution in [3.05, 3.63) is 0 Å². The topological polar surface area (TPSA) is 55.1 Å². The maximum absolute atomic E-state index is 11.8. The molecule has 0 aliphatic heterocycles. The van der Waals surface area contributed by atoms with Crippen molar-refractivity contribution in [1.82, 2.24) is 5.32 Å². The molecular formula is C13H26N2O. The molecule has 0 bridgehead atoms. The normalized spacial score (nSPS) is 19.2. The fourth-order valence-electron chi connectivity index (χ4n) is 2.21. The second-order valence-corrected chi connectivity index (χ2v) is 5.80. The molecule has 94 valence electrons. The lowest BCUT2D eigenvalue weighted by Crippen LogP contribution is -2.38. The van der Waals surface area contributed by atoms with Crippen LogP contribution in [0.1, 0.15) is 58.8 Å². The van der Waals surface area contributed by atoms with Gasteiger partial charge in [-0.25, -0.2) is 0 Å². The highest BCUT2D eigenvalue weighted by atomic mass is 16.1. The summed E-state index contributed by atoms with van der Waals surface area (Å²) in [6, 6.07) is 0.406. The smallest absolute Gasteiger partial charge is 0.220 e. The Morgan fingerprint density at radius 3 is 2.31 bits per heavy atom. The van der Waals surface area contributed by atoms with E-state index in [1.54, 1.807) is 0 Å². The second kappa shape index (κ2) is 6.24. The molecule has 3 heteroatoms. The maximum Gasteiger partial charge on any atom is 0.220 e. The molecule has 1 amide bonds. The van der Waals surface area contributed by atoms with Gasteiger partial charge in [-0.1, -0.05) is 39.5 Å². The van der Waals surface area contributed by atoms with Crippen LogP contribution in [0.5, 0.6) is 0 Å². The molecule has 0 saturated heterocycles. The van der Waals surface area contributed by atoms with E-state index in [1.807, 2.05) is 13.8 Å².